The zero-order valence-corrected chi connectivity index (χ0v) is 16.0. The molecular formula is C19H16F2N4O2S. The third-order valence-electron chi connectivity index (χ3n) is 4.72. The van der Waals surface area contributed by atoms with Gasteiger partial charge in [-0.1, -0.05) is 17.4 Å². The van der Waals surface area contributed by atoms with Crippen LogP contribution in [0.5, 0.6) is 5.06 Å². The minimum atomic E-state index is -0.670. The van der Waals surface area contributed by atoms with Crippen LogP contribution in [0.15, 0.2) is 23.2 Å². The number of fused-ring (bicyclic) bond motifs is 5. The summed E-state index contributed by atoms with van der Waals surface area (Å²) >= 11 is 1.37. The molecule has 3 aromatic rings. The number of rotatable bonds is 1. The summed E-state index contributed by atoms with van der Waals surface area (Å²) in [6, 6.07) is 3.37. The molecule has 144 valence electrons. The predicted molar refractivity (Wildman–Crippen MR) is 99.5 cm³/mol. The van der Waals surface area contributed by atoms with Crippen LogP contribution in [0, 0.1) is 18.6 Å². The van der Waals surface area contributed by atoms with Crippen LogP contribution in [0.25, 0.3) is 5.00 Å². The summed E-state index contributed by atoms with van der Waals surface area (Å²) in [4.78, 5) is 9.16. The van der Waals surface area contributed by atoms with Crippen molar-refractivity contribution in [1.82, 2.24) is 14.8 Å². The van der Waals surface area contributed by atoms with Crippen molar-refractivity contribution in [3.8, 4) is 10.1 Å². The smallest absolute Gasteiger partial charge is 0.182 e. The summed E-state index contributed by atoms with van der Waals surface area (Å²) in [6.45, 7) is 4.76. The third-order valence-corrected chi connectivity index (χ3v) is 5.84. The van der Waals surface area contributed by atoms with Gasteiger partial charge < -0.3 is 9.47 Å². The highest BCUT2D eigenvalue weighted by atomic mass is 32.1. The fourth-order valence-corrected chi connectivity index (χ4v) is 4.67. The van der Waals surface area contributed by atoms with Crippen molar-refractivity contribution >= 4 is 17.0 Å². The van der Waals surface area contributed by atoms with Crippen LogP contribution >= 0.6 is 11.3 Å². The van der Waals surface area contributed by atoms with E-state index in [0.29, 0.717) is 40.5 Å². The lowest BCUT2D eigenvalue weighted by Gasteiger charge is -2.12. The monoisotopic (exact) mass is 402 g/mol. The molecule has 0 radical (unpaired) electrons. The molecule has 2 aliphatic rings. The highest BCUT2D eigenvalue weighted by Gasteiger charge is 2.34. The number of aromatic nitrogens is 3. The van der Waals surface area contributed by atoms with Gasteiger partial charge in [-0.15, -0.1) is 0 Å². The number of aryl methyl sites for hydroxylation is 1. The SMILES string of the molecule is Cc1nc2n(n1)-c1sc3c(c1C(c1c(F)cccc1F)=N[C@H]2C)COCCO3. The maximum Gasteiger partial charge on any atom is 0.182 e. The topological polar surface area (TPSA) is 61.5 Å². The molecule has 0 bridgehead atoms. The minimum Gasteiger partial charge on any atom is -0.481 e. The Morgan fingerprint density at radius 3 is 2.75 bits per heavy atom. The Morgan fingerprint density at radius 2 is 1.96 bits per heavy atom. The van der Waals surface area contributed by atoms with E-state index in [4.69, 9.17) is 9.47 Å². The van der Waals surface area contributed by atoms with Gasteiger partial charge in [-0.3, -0.25) is 4.99 Å². The highest BCUT2D eigenvalue weighted by Crippen LogP contribution is 2.44. The maximum atomic E-state index is 14.7. The molecule has 2 aromatic heterocycles. The normalized spacial score (nSPS) is 18.3. The number of ether oxygens (including phenoxy) is 2. The Bertz CT molecular complexity index is 1100. The molecule has 0 unspecified atom stereocenters. The Morgan fingerprint density at radius 1 is 1.18 bits per heavy atom. The second-order valence-corrected chi connectivity index (χ2v) is 7.59. The molecule has 2 aliphatic heterocycles. The van der Waals surface area contributed by atoms with E-state index in [0.717, 1.165) is 5.56 Å². The van der Waals surface area contributed by atoms with E-state index >= 15 is 0 Å². The molecule has 0 saturated heterocycles. The molecule has 0 saturated carbocycles. The Labute approximate surface area is 163 Å². The standard InChI is InChI=1S/C19H16F2N4O2S/c1-9-17-23-10(2)24-25(17)18-14(11-8-26-6-7-27-19(11)28-18)16(22-9)15-12(20)4-3-5-13(15)21/h3-5,9H,6-8H2,1-2H3/t9-/m0/s1. The number of hydrogen-bond acceptors (Lipinski definition) is 6. The van der Waals surface area contributed by atoms with Crippen LogP contribution in [0.3, 0.4) is 0 Å². The van der Waals surface area contributed by atoms with E-state index < -0.39 is 17.7 Å². The van der Waals surface area contributed by atoms with Crippen molar-refractivity contribution in [2.45, 2.75) is 26.5 Å². The predicted octanol–water partition coefficient (Wildman–Crippen LogP) is 3.74. The van der Waals surface area contributed by atoms with E-state index in [1.54, 1.807) is 11.6 Å². The number of halogens is 2. The molecule has 0 N–H and O–H groups in total. The molecule has 0 spiro atoms. The lowest BCUT2D eigenvalue weighted by atomic mass is 9.99. The van der Waals surface area contributed by atoms with Crippen LogP contribution in [0.4, 0.5) is 8.78 Å². The lowest BCUT2D eigenvalue weighted by molar-refractivity contribution is 0.107. The average Bonchev–Trinajstić information content (AvgIpc) is 3.09. The van der Waals surface area contributed by atoms with Gasteiger partial charge >= 0.3 is 0 Å². The van der Waals surface area contributed by atoms with Crippen molar-refractivity contribution in [3.63, 3.8) is 0 Å². The summed E-state index contributed by atoms with van der Waals surface area (Å²) in [6.07, 6.45) is 0. The van der Waals surface area contributed by atoms with Gasteiger partial charge in [0.05, 0.1) is 24.5 Å². The van der Waals surface area contributed by atoms with E-state index in [-0.39, 0.29) is 17.9 Å². The Kier molecular flexibility index (Phi) is 4.02. The van der Waals surface area contributed by atoms with Crippen molar-refractivity contribution in [2.24, 2.45) is 4.99 Å². The molecule has 9 heteroatoms. The number of aliphatic imine (C=N–C) groups is 1. The second kappa shape index (κ2) is 6.46. The average molecular weight is 402 g/mol. The zero-order valence-electron chi connectivity index (χ0n) is 15.2. The van der Waals surface area contributed by atoms with Crippen LogP contribution in [0.1, 0.15) is 41.3 Å². The van der Waals surface area contributed by atoms with Gasteiger partial charge in [0.1, 0.15) is 35.1 Å². The minimum absolute atomic E-state index is 0.164. The van der Waals surface area contributed by atoms with Crippen LogP contribution in [0.2, 0.25) is 0 Å². The van der Waals surface area contributed by atoms with Gasteiger partial charge in [-0.05, 0) is 26.0 Å². The fourth-order valence-electron chi connectivity index (χ4n) is 3.52. The van der Waals surface area contributed by atoms with Crippen molar-refractivity contribution in [2.75, 3.05) is 13.2 Å². The summed E-state index contributed by atoms with van der Waals surface area (Å²) < 4.78 is 42.6. The molecule has 0 amide bonds. The van der Waals surface area contributed by atoms with Crippen LogP contribution < -0.4 is 4.74 Å². The summed E-state index contributed by atoms with van der Waals surface area (Å²) in [5, 5.41) is 5.83. The van der Waals surface area contributed by atoms with Gasteiger partial charge in [0, 0.05) is 11.1 Å². The lowest BCUT2D eigenvalue weighted by Crippen LogP contribution is -2.12. The molecule has 1 atom stereocenters. The van der Waals surface area contributed by atoms with Crippen molar-refractivity contribution in [3.05, 3.63) is 58.2 Å². The summed E-state index contributed by atoms with van der Waals surface area (Å²) in [5.41, 5.74) is 1.38. The van der Waals surface area contributed by atoms with Crippen molar-refractivity contribution in [1.29, 1.82) is 0 Å². The van der Waals surface area contributed by atoms with Crippen LogP contribution in [-0.4, -0.2) is 33.7 Å². The molecule has 1 aromatic carbocycles. The molecule has 0 aliphatic carbocycles. The first kappa shape index (κ1) is 17.4. The molecular weight excluding hydrogens is 386 g/mol. The Hall–Kier alpha value is -2.65. The quantitative estimate of drug-likeness (QED) is 0.622. The number of hydrogen-bond donors (Lipinski definition) is 0. The first-order valence-electron chi connectivity index (χ1n) is 8.87. The number of nitrogens with zero attached hydrogens (tertiary/aromatic N) is 4. The molecule has 0 fully saturated rings. The van der Waals surface area contributed by atoms with Crippen LogP contribution in [-0.2, 0) is 11.3 Å². The summed E-state index contributed by atoms with van der Waals surface area (Å²) in [5.74, 6) is -0.126. The van der Waals surface area contributed by atoms with Gasteiger partial charge in [0.2, 0.25) is 0 Å². The van der Waals surface area contributed by atoms with Gasteiger partial charge in [-0.25, -0.2) is 18.4 Å². The fraction of sp³-hybridized carbons (Fsp3) is 0.316. The highest BCUT2D eigenvalue weighted by molar-refractivity contribution is 7.17. The van der Waals surface area contributed by atoms with E-state index in [9.17, 15) is 8.78 Å². The zero-order chi connectivity index (χ0) is 19.4. The van der Waals surface area contributed by atoms with Gasteiger partial charge in [0.25, 0.3) is 0 Å². The molecule has 6 nitrogen and oxygen atoms in total. The summed E-state index contributed by atoms with van der Waals surface area (Å²) in [7, 11) is 0. The molecule has 28 heavy (non-hydrogen) atoms. The maximum absolute atomic E-state index is 14.7. The van der Waals surface area contributed by atoms with Gasteiger partial charge in [0.15, 0.2) is 10.9 Å². The first-order valence-corrected chi connectivity index (χ1v) is 9.69. The van der Waals surface area contributed by atoms with Crippen molar-refractivity contribution < 1.29 is 18.3 Å². The molecule has 5 rings (SSSR count). The van der Waals surface area contributed by atoms with Gasteiger partial charge in [-0.2, -0.15) is 5.10 Å². The first-order chi connectivity index (χ1) is 13.5. The molecule has 4 heterocycles. The van der Waals surface area contributed by atoms with E-state index in [1.807, 2.05) is 6.92 Å². The number of benzene rings is 1. The third kappa shape index (κ3) is 2.57. The number of thiophene rings is 1. The Balaban J connectivity index is 1.85. The van der Waals surface area contributed by atoms with E-state index in [2.05, 4.69) is 15.1 Å². The second-order valence-electron chi connectivity index (χ2n) is 6.63. The van der Waals surface area contributed by atoms with E-state index in [1.165, 1.54) is 29.5 Å². The largest absolute Gasteiger partial charge is 0.481 e.